The minimum absolute atomic E-state index is 0.0331. The zero-order valence-electron chi connectivity index (χ0n) is 14.7. The van der Waals surface area contributed by atoms with Crippen molar-refractivity contribution in [2.24, 2.45) is 0 Å². The number of benzene rings is 1. The Morgan fingerprint density at radius 1 is 1.31 bits per heavy atom. The Kier molecular flexibility index (Phi) is 4.72. The normalized spacial score (nSPS) is 16.2. The summed E-state index contributed by atoms with van der Waals surface area (Å²) in [5, 5.41) is 4.17. The molecule has 26 heavy (non-hydrogen) atoms. The number of fused-ring (bicyclic) bond motifs is 2. The van der Waals surface area contributed by atoms with Crippen LogP contribution < -0.4 is 4.90 Å². The van der Waals surface area contributed by atoms with Crippen molar-refractivity contribution in [2.75, 3.05) is 24.2 Å². The van der Waals surface area contributed by atoms with Crippen molar-refractivity contribution in [3.05, 3.63) is 41.3 Å². The average molecular weight is 371 g/mol. The van der Waals surface area contributed by atoms with Crippen molar-refractivity contribution in [2.45, 2.75) is 37.1 Å². The van der Waals surface area contributed by atoms with E-state index >= 15 is 0 Å². The molecular weight excluding hydrogens is 350 g/mol. The van der Waals surface area contributed by atoms with Gasteiger partial charge in [0.1, 0.15) is 18.0 Å². The molecule has 2 heterocycles. The van der Waals surface area contributed by atoms with Gasteiger partial charge in [-0.15, -0.1) is 11.8 Å². The molecule has 6 nitrogen and oxygen atoms in total. The number of aryl methyl sites for hydroxylation is 1. The van der Waals surface area contributed by atoms with Crippen molar-refractivity contribution in [1.29, 1.82) is 0 Å². The second kappa shape index (κ2) is 7.15. The predicted octanol–water partition coefficient (Wildman–Crippen LogP) is 2.65. The van der Waals surface area contributed by atoms with E-state index in [2.05, 4.69) is 5.16 Å². The van der Waals surface area contributed by atoms with Crippen LogP contribution in [0.5, 0.6) is 0 Å². The molecule has 7 heteroatoms. The van der Waals surface area contributed by atoms with Gasteiger partial charge < -0.3 is 14.3 Å². The summed E-state index contributed by atoms with van der Waals surface area (Å²) < 4.78 is 5.43. The van der Waals surface area contributed by atoms with Crippen LogP contribution in [0.2, 0.25) is 0 Å². The molecule has 1 aromatic carbocycles. The van der Waals surface area contributed by atoms with Gasteiger partial charge in [-0.1, -0.05) is 17.3 Å². The lowest BCUT2D eigenvalue weighted by Crippen LogP contribution is -2.43. The highest BCUT2D eigenvalue weighted by Gasteiger charge is 2.28. The van der Waals surface area contributed by atoms with E-state index in [-0.39, 0.29) is 18.4 Å². The summed E-state index contributed by atoms with van der Waals surface area (Å²) in [4.78, 5) is 29.3. The molecule has 0 saturated heterocycles. The molecule has 1 aliphatic heterocycles. The van der Waals surface area contributed by atoms with Crippen LogP contribution in [0.15, 0.2) is 33.7 Å². The molecule has 0 atom stereocenters. The minimum Gasteiger partial charge on any atom is -0.361 e. The van der Waals surface area contributed by atoms with E-state index in [4.69, 9.17) is 4.52 Å². The molecule has 2 aromatic rings. The van der Waals surface area contributed by atoms with Gasteiger partial charge >= 0.3 is 0 Å². The van der Waals surface area contributed by atoms with Crippen LogP contribution in [-0.4, -0.2) is 41.2 Å². The topological polar surface area (TPSA) is 66.7 Å². The number of carbonyl (C=O) groups excluding carboxylic acids is 2. The molecule has 0 spiro atoms. The Hall–Kier alpha value is -2.28. The first-order valence-corrected chi connectivity index (χ1v) is 9.84. The van der Waals surface area contributed by atoms with E-state index in [1.165, 1.54) is 11.8 Å². The van der Waals surface area contributed by atoms with E-state index in [9.17, 15) is 9.59 Å². The van der Waals surface area contributed by atoms with Crippen LogP contribution in [-0.2, 0) is 29.0 Å². The largest absolute Gasteiger partial charge is 0.361 e. The standard InChI is InChI=1S/C19H21N3O3S/c1-21(10-14-13-6-2-4-8-16(13)25-20-14)18(23)11-22-15-7-3-5-9-17(15)26-12-19(22)24/h3,5,7,9H,2,4,6,8,10-12H2,1H3. The zero-order valence-corrected chi connectivity index (χ0v) is 15.6. The molecule has 1 aliphatic carbocycles. The van der Waals surface area contributed by atoms with Gasteiger partial charge in [0.2, 0.25) is 11.8 Å². The lowest BCUT2D eigenvalue weighted by molar-refractivity contribution is -0.130. The molecule has 136 valence electrons. The Bertz CT molecular complexity index is 848. The molecule has 0 radical (unpaired) electrons. The second-order valence-electron chi connectivity index (χ2n) is 6.72. The van der Waals surface area contributed by atoms with Gasteiger partial charge in [0.05, 0.1) is 18.0 Å². The van der Waals surface area contributed by atoms with Gasteiger partial charge in [-0.25, -0.2) is 0 Å². The quantitative estimate of drug-likeness (QED) is 0.827. The number of likely N-dealkylation sites (N-methyl/N-ethyl adjacent to an activating group) is 1. The summed E-state index contributed by atoms with van der Waals surface area (Å²) in [6.07, 6.45) is 4.16. The molecule has 2 aliphatic rings. The van der Waals surface area contributed by atoms with Crippen LogP contribution in [0.25, 0.3) is 0 Å². The highest BCUT2D eigenvalue weighted by atomic mass is 32.2. The summed E-state index contributed by atoms with van der Waals surface area (Å²) in [5.74, 6) is 1.19. The lowest BCUT2D eigenvalue weighted by atomic mass is 9.96. The lowest BCUT2D eigenvalue weighted by Gasteiger charge is -2.29. The van der Waals surface area contributed by atoms with Gasteiger partial charge in [0.25, 0.3) is 0 Å². The number of hydrogen-bond donors (Lipinski definition) is 0. The van der Waals surface area contributed by atoms with E-state index < -0.39 is 0 Å². The number of aromatic nitrogens is 1. The molecule has 0 N–H and O–H groups in total. The summed E-state index contributed by atoms with van der Waals surface area (Å²) in [6.45, 7) is 0.461. The molecule has 1 aromatic heterocycles. The number of nitrogens with zero attached hydrogens (tertiary/aromatic N) is 3. The third-order valence-electron chi connectivity index (χ3n) is 4.95. The maximum absolute atomic E-state index is 12.7. The maximum atomic E-state index is 12.7. The van der Waals surface area contributed by atoms with Crippen molar-refractivity contribution >= 4 is 29.3 Å². The first-order valence-electron chi connectivity index (χ1n) is 8.86. The van der Waals surface area contributed by atoms with Gasteiger partial charge in [0.15, 0.2) is 0 Å². The zero-order chi connectivity index (χ0) is 18.1. The molecule has 0 fully saturated rings. The van der Waals surface area contributed by atoms with Crippen LogP contribution >= 0.6 is 11.8 Å². The number of hydrogen-bond acceptors (Lipinski definition) is 5. The number of para-hydroxylation sites is 1. The van der Waals surface area contributed by atoms with Crippen LogP contribution in [0.3, 0.4) is 0 Å². The van der Waals surface area contributed by atoms with Crippen LogP contribution in [0.4, 0.5) is 5.69 Å². The molecular formula is C19H21N3O3S. The molecule has 0 unspecified atom stereocenters. The first kappa shape index (κ1) is 17.1. The summed E-state index contributed by atoms with van der Waals surface area (Å²) in [5.41, 5.74) is 2.82. The van der Waals surface area contributed by atoms with Crippen molar-refractivity contribution in [3.63, 3.8) is 0 Å². The number of anilines is 1. The molecule has 4 rings (SSSR count). The smallest absolute Gasteiger partial charge is 0.242 e. The number of thioether (sulfide) groups is 1. The fraction of sp³-hybridized carbons (Fsp3) is 0.421. The number of rotatable bonds is 4. The van der Waals surface area contributed by atoms with Crippen molar-refractivity contribution in [1.82, 2.24) is 10.1 Å². The fourth-order valence-corrected chi connectivity index (χ4v) is 4.41. The van der Waals surface area contributed by atoms with E-state index in [1.54, 1.807) is 16.8 Å². The summed E-state index contributed by atoms with van der Waals surface area (Å²) >= 11 is 1.52. The summed E-state index contributed by atoms with van der Waals surface area (Å²) in [7, 11) is 1.75. The Morgan fingerprint density at radius 2 is 2.12 bits per heavy atom. The number of amides is 2. The van der Waals surface area contributed by atoms with Crippen molar-refractivity contribution in [3.8, 4) is 0 Å². The van der Waals surface area contributed by atoms with Gasteiger partial charge in [-0.2, -0.15) is 0 Å². The monoisotopic (exact) mass is 371 g/mol. The third kappa shape index (κ3) is 3.23. The van der Waals surface area contributed by atoms with E-state index in [0.29, 0.717) is 12.3 Å². The highest BCUT2D eigenvalue weighted by molar-refractivity contribution is 8.00. The van der Waals surface area contributed by atoms with E-state index in [0.717, 1.165) is 53.3 Å². The average Bonchev–Trinajstić information content (AvgIpc) is 3.07. The Labute approximate surface area is 156 Å². The van der Waals surface area contributed by atoms with Gasteiger partial charge in [0, 0.05) is 23.9 Å². The first-order chi connectivity index (χ1) is 12.6. The highest BCUT2D eigenvalue weighted by Crippen LogP contribution is 2.34. The Balaban J connectivity index is 1.46. The predicted molar refractivity (Wildman–Crippen MR) is 99.1 cm³/mol. The molecule has 2 amide bonds. The van der Waals surface area contributed by atoms with E-state index in [1.807, 2.05) is 24.3 Å². The van der Waals surface area contributed by atoms with Crippen LogP contribution in [0, 0.1) is 0 Å². The fourth-order valence-electron chi connectivity index (χ4n) is 3.47. The second-order valence-corrected chi connectivity index (χ2v) is 7.74. The number of carbonyl (C=O) groups is 2. The SMILES string of the molecule is CN(Cc1noc2c1CCCC2)C(=O)CN1C(=O)CSc2ccccc21. The van der Waals surface area contributed by atoms with Crippen LogP contribution in [0.1, 0.15) is 29.9 Å². The molecule has 0 bridgehead atoms. The maximum Gasteiger partial charge on any atom is 0.242 e. The van der Waals surface area contributed by atoms with Gasteiger partial charge in [-0.3, -0.25) is 9.59 Å². The molecule has 0 saturated carbocycles. The van der Waals surface area contributed by atoms with Crippen molar-refractivity contribution < 1.29 is 14.1 Å². The minimum atomic E-state index is -0.104. The Morgan fingerprint density at radius 3 is 3.00 bits per heavy atom. The summed E-state index contributed by atoms with van der Waals surface area (Å²) in [6, 6.07) is 7.71. The third-order valence-corrected chi connectivity index (χ3v) is 5.99. The van der Waals surface area contributed by atoms with Gasteiger partial charge in [-0.05, 0) is 31.4 Å².